The molecule has 1 N–H and O–H groups in total. The molecule has 1 aliphatic carbocycles. The second-order valence-corrected chi connectivity index (χ2v) is 9.01. The molecule has 0 spiro atoms. The quantitative estimate of drug-likeness (QED) is 0.340. The second kappa shape index (κ2) is 10.1. The summed E-state index contributed by atoms with van der Waals surface area (Å²) in [5, 5.41) is 14.2. The van der Waals surface area contributed by atoms with Gasteiger partial charge in [0.1, 0.15) is 5.82 Å². The zero-order valence-electron chi connectivity index (χ0n) is 19.4. The fourth-order valence-electron chi connectivity index (χ4n) is 4.82. The predicted octanol–water partition coefficient (Wildman–Crippen LogP) is 5.97. The van der Waals surface area contributed by atoms with Crippen molar-refractivity contribution < 1.29 is 14.7 Å². The van der Waals surface area contributed by atoms with Gasteiger partial charge < -0.3 is 5.11 Å². The third kappa shape index (κ3) is 4.92. The molecule has 6 nitrogen and oxygen atoms in total. The van der Waals surface area contributed by atoms with Crippen LogP contribution in [-0.4, -0.2) is 31.6 Å². The molecule has 3 aromatic carbocycles. The van der Waals surface area contributed by atoms with Crippen LogP contribution in [0.5, 0.6) is 0 Å². The largest absolute Gasteiger partial charge is 0.478 e. The van der Waals surface area contributed by atoms with Crippen LogP contribution in [0.4, 0.5) is 0 Å². The lowest BCUT2D eigenvalue weighted by Crippen LogP contribution is -2.17. The van der Waals surface area contributed by atoms with Gasteiger partial charge in [0.05, 0.1) is 11.6 Å². The number of carbonyl (C=O) groups is 2. The Labute approximate surface area is 204 Å². The summed E-state index contributed by atoms with van der Waals surface area (Å²) in [6.07, 6.45) is 6.18. The van der Waals surface area contributed by atoms with Crippen LogP contribution in [0.2, 0.25) is 0 Å². The van der Waals surface area contributed by atoms with Crippen molar-refractivity contribution in [3.63, 3.8) is 0 Å². The van der Waals surface area contributed by atoms with Crippen LogP contribution in [0.3, 0.4) is 0 Å². The molecule has 0 unspecified atom stereocenters. The Morgan fingerprint density at radius 3 is 2.26 bits per heavy atom. The van der Waals surface area contributed by atoms with Gasteiger partial charge in [-0.25, -0.2) is 14.5 Å². The van der Waals surface area contributed by atoms with Crippen LogP contribution in [0, 0.1) is 0 Å². The monoisotopic (exact) mass is 465 g/mol. The molecule has 1 saturated carbocycles. The van der Waals surface area contributed by atoms with Crippen LogP contribution >= 0.6 is 0 Å². The normalized spacial score (nSPS) is 14.1. The molecule has 5 rings (SSSR count). The van der Waals surface area contributed by atoms with Crippen molar-refractivity contribution >= 4 is 11.8 Å². The Morgan fingerprint density at radius 2 is 1.54 bits per heavy atom. The van der Waals surface area contributed by atoms with E-state index in [0.29, 0.717) is 17.5 Å². The maximum atomic E-state index is 13.0. The van der Waals surface area contributed by atoms with Gasteiger partial charge in [0.15, 0.2) is 0 Å². The fraction of sp³-hybridized carbons (Fsp3) is 0.241. The van der Waals surface area contributed by atoms with E-state index < -0.39 is 5.97 Å². The van der Waals surface area contributed by atoms with Crippen molar-refractivity contribution in [2.45, 2.75) is 44.6 Å². The summed E-state index contributed by atoms with van der Waals surface area (Å²) >= 11 is 0. The number of ketones is 1. The SMILES string of the molecule is O=C(c1ccccc1)c1nc(Cc2ccc(-c3ccccc3C(=O)O)cc2)n(C2CCCCC2)n1. The molecule has 1 fully saturated rings. The molecule has 0 radical (unpaired) electrons. The number of benzene rings is 3. The van der Waals surface area contributed by atoms with Crippen molar-refractivity contribution in [1.29, 1.82) is 0 Å². The molecular formula is C29H27N3O3. The average molecular weight is 466 g/mol. The van der Waals surface area contributed by atoms with Gasteiger partial charge in [0.25, 0.3) is 0 Å². The minimum Gasteiger partial charge on any atom is -0.478 e. The first-order valence-electron chi connectivity index (χ1n) is 12.1. The van der Waals surface area contributed by atoms with Gasteiger partial charge in [-0.3, -0.25) is 4.79 Å². The topological polar surface area (TPSA) is 85.1 Å². The van der Waals surface area contributed by atoms with E-state index in [1.165, 1.54) is 6.42 Å². The van der Waals surface area contributed by atoms with E-state index in [0.717, 1.165) is 42.6 Å². The summed E-state index contributed by atoms with van der Waals surface area (Å²) in [6.45, 7) is 0. The maximum Gasteiger partial charge on any atom is 0.336 e. The minimum atomic E-state index is -0.944. The van der Waals surface area contributed by atoms with Crippen molar-refractivity contribution in [3.05, 3.63) is 107 Å². The lowest BCUT2D eigenvalue weighted by molar-refractivity contribution is 0.0697. The summed E-state index contributed by atoms with van der Waals surface area (Å²) in [4.78, 5) is 29.4. The van der Waals surface area contributed by atoms with Crippen LogP contribution in [0.1, 0.15) is 76.1 Å². The lowest BCUT2D eigenvalue weighted by atomic mass is 9.95. The first kappa shape index (κ1) is 22.7. The van der Waals surface area contributed by atoms with E-state index in [2.05, 4.69) is 0 Å². The number of carbonyl (C=O) groups excluding carboxylic acids is 1. The number of aromatic carboxylic acids is 1. The number of aromatic nitrogens is 3. The summed E-state index contributed by atoms with van der Waals surface area (Å²) in [5.41, 5.74) is 3.43. The minimum absolute atomic E-state index is 0.165. The van der Waals surface area contributed by atoms with Gasteiger partial charge in [-0.05, 0) is 35.6 Å². The number of nitrogens with zero attached hydrogens (tertiary/aromatic N) is 3. The molecule has 35 heavy (non-hydrogen) atoms. The highest BCUT2D eigenvalue weighted by Gasteiger charge is 2.24. The molecule has 0 atom stereocenters. The standard InChI is InChI=1S/C29H27N3O3/c33-27(22-9-3-1-4-10-22)28-30-26(32(31-28)23-11-5-2-6-12-23)19-20-15-17-21(18-16-20)24-13-7-8-14-25(24)29(34)35/h1,3-4,7-10,13-18,23H,2,5-6,11-12,19H2,(H,34,35). The first-order chi connectivity index (χ1) is 17.1. The molecule has 1 heterocycles. The van der Waals surface area contributed by atoms with Gasteiger partial charge >= 0.3 is 5.97 Å². The molecule has 0 bridgehead atoms. The van der Waals surface area contributed by atoms with Crippen molar-refractivity contribution in [2.24, 2.45) is 0 Å². The molecule has 1 aromatic heterocycles. The van der Waals surface area contributed by atoms with Crippen LogP contribution in [0.25, 0.3) is 11.1 Å². The van der Waals surface area contributed by atoms with Gasteiger partial charge in [0.2, 0.25) is 11.6 Å². The average Bonchev–Trinajstić information content (AvgIpc) is 3.33. The smallest absolute Gasteiger partial charge is 0.336 e. The van der Waals surface area contributed by atoms with Gasteiger partial charge in [-0.15, -0.1) is 5.10 Å². The Balaban J connectivity index is 1.44. The zero-order chi connectivity index (χ0) is 24.2. The van der Waals surface area contributed by atoms with E-state index in [1.54, 1.807) is 24.3 Å². The molecular weight excluding hydrogens is 438 g/mol. The zero-order valence-corrected chi connectivity index (χ0v) is 19.4. The summed E-state index contributed by atoms with van der Waals surface area (Å²) in [7, 11) is 0. The number of hydrogen-bond donors (Lipinski definition) is 1. The molecule has 6 heteroatoms. The van der Waals surface area contributed by atoms with E-state index in [1.807, 2.05) is 59.3 Å². The van der Waals surface area contributed by atoms with Crippen LogP contribution in [-0.2, 0) is 6.42 Å². The number of rotatable bonds is 7. The van der Waals surface area contributed by atoms with Crippen molar-refractivity contribution in [2.75, 3.05) is 0 Å². The van der Waals surface area contributed by atoms with Crippen molar-refractivity contribution in [1.82, 2.24) is 14.8 Å². The van der Waals surface area contributed by atoms with E-state index in [-0.39, 0.29) is 23.2 Å². The highest BCUT2D eigenvalue weighted by Crippen LogP contribution is 2.30. The highest BCUT2D eigenvalue weighted by molar-refractivity contribution is 6.06. The molecule has 0 amide bonds. The Morgan fingerprint density at radius 1 is 0.857 bits per heavy atom. The molecule has 0 aliphatic heterocycles. The van der Waals surface area contributed by atoms with Crippen LogP contribution < -0.4 is 0 Å². The third-order valence-corrected chi connectivity index (χ3v) is 6.65. The summed E-state index contributed by atoms with van der Waals surface area (Å²) < 4.78 is 1.98. The van der Waals surface area contributed by atoms with Gasteiger partial charge in [0, 0.05) is 12.0 Å². The van der Waals surface area contributed by atoms with E-state index >= 15 is 0 Å². The third-order valence-electron chi connectivity index (χ3n) is 6.65. The first-order valence-corrected chi connectivity index (χ1v) is 12.1. The molecule has 0 saturated heterocycles. The Bertz CT molecular complexity index is 1340. The number of carboxylic acid groups (broad SMARTS) is 1. The highest BCUT2D eigenvalue weighted by atomic mass is 16.4. The number of hydrogen-bond acceptors (Lipinski definition) is 4. The Kier molecular flexibility index (Phi) is 6.53. The summed E-state index contributed by atoms with van der Waals surface area (Å²) in [5.74, 6) is -0.0819. The number of carboxylic acids is 1. The molecule has 176 valence electrons. The van der Waals surface area contributed by atoms with Gasteiger partial charge in [-0.2, -0.15) is 0 Å². The fourth-order valence-corrected chi connectivity index (χ4v) is 4.82. The van der Waals surface area contributed by atoms with Crippen molar-refractivity contribution in [3.8, 4) is 11.1 Å². The maximum absolute atomic E-state index is 13.0. The summed E-state index contributed by atoms with van der Waals surface area (Å²) in [6, 6.07) is 24.3. The predicted molar refractivity (Wildman–Crippen MR) is 134 cm³/mol. The lowest BCUT2D eigenvalue weighted by Gasteiger charge is -2.23. The van der Waals surface area contributed by atoms with E-state index in [9.17, 15) is 14.7 Å². The molecule has 1 aliphatic rings. The molecule has 4 aromatic rings. The Hall–Kier alpha value is -4.06. The van der Waals surface area contributed by atoms with Crippen LogP contribution in [0.15, 0.2) is 78.9 Å². The second-order valence-electron chi connectivity index (χ2n) is 9.01. The van der Waals surface area contributed by atoms with Gasteiger partial charge in [-0.1, -0.05) is 92.1 Å². The van der Waals surface area contributed by atoms with E-state index in [4.69, 9.17) is 10.1 Å².